The molecule has 0 aromatic carbocycles. The quantitative estimate of drug-likeness (QED) is 0.315. The van der Waals surface area contributed by atoms with Crippen molar-refractivity contribution in [3.8, 4) is 11.1 Å². The van der Waals surface area contributed by atoms with Crippen LogP contribution in [0.5, 0.6) is 0 Å². The molecule has 1 atom stereocenters. The van der Waals surface area contributed by atoms with Crippen molar-refractivity contribution in [2.75, 3.05) is 13.1 Å². The molecule has 1 saturated heterocycles. The molecule has 4 aromatic heterocycles. The molecule has 0 aliphatic carbocycles. The highest BCUT2D eigenvalue weighted by Crippen LogP contribution is 2.28. The maximum atomic E-state index is 10.6. The van der Waals surface area contributed by atoms with Gasteiger partial charge in [0.05, 0.1) is 0 Å². The largest absolute Gasteiger partial charge is 0.490 e. The first-order valence-electron chi connectivity index (χ1n) is 11.4. The summed E-state index contributed by atoms with van der Waals surface area (Å²) >= 11 is 1.83. The van der Waals surface area contributed by atoms with Crippen LogP contribution >= 0.6 is 11.3 Å². The number of likely N-dealkylation sites (tertiary alicyclic amines) is 1. The molecule has 4 aromatic rings. The molecule has 5 rings (SSSR count). The first kappa shape index (κ1) is 30.5. The highest BCUT2D eigenvalue weighted by atomic mass is 32.1. The number of carboxylic acid groups (broad SMARTS) is 2. The highest BCUT2D eigenvalue weighted by molar-refractivity contribution is 7.09. The fourth-order valence-corrected chi connectivity index (χ4v) is 4.33. The Balaban J connectivity index is 0.000000263. The predicted octanol–water partition coefficient (Wildman–Crippen LogP) is 5.11. The van der Waals surface area contributed by atoms with Gasteiger partial charge in [-0.1, -0.05) is 12.1 Å². The minimum Gasteiger partial charge on any atom is -0.475 e. The number of rotatable bonds is 4. The highest BCUT2D eigenvalue weighted by Gasteiger charge is 2.38. The number of alkyl halides is 6. The van der Waals surface area contributed by atoms with Gasteiger partial charge in [0, 0.05) is 53.6 Å². The van der Waals surface area contributed by atoms with E-state index in [1.165, 1.54) is 4.88 Å². The van der Waals surface area contributed by atoms with E-state index in [0.29, 0.717) is 5.92 Å². The summed E-state index contributed by atoms with van der Waals surface area (Å²) in [7, 11) is 0. The monoisotopic (exact) mass is 589 g/mol. The topological polar surface area (TPSA) is 121 Å². The Morgan fingerprint density at radius 3 is 2.20 bits per heavy atom. The molecule has 5 heterocycles. The van der Waals surface area contributed by atoms with Gasteiger partial charge in [0.2, 0.25) is 0 Å². The van der Waals surface area contributed by atoms with Crippen LogP contribution in [0.3, 0.4) is 0 Å². The van der Waals surface area contributed by atoms with Crippen LogP contribution in [0.2, 0.25) is 0 Å². The van der Waals surface area contributed by atoms with Crippen LogP contribution in [-0.4, -0.2) is 72.1 Å². The Bertz CT molecular complexity index is 1390. The Morgan fingerprint density at radius 2 is 1.65 bits per heavy atom. The van der Waals surface area contributed by atoms with E-state index in [1.54, 1.807) is 6.20 Å². The molecule has 1 aliphatic heterocycles. The molecule has 9 nitrogen and oxygen atoms in total. The van der Waals surface area contributed by atoms with Crippen molar-refractivity contribution < 1.29 is 46.1 Å². The summed E-state index contributed by atoms with van der Waals surface area (Å²) in [6.07, 6.45) is -3.34. The number of hydrogen-bond donors (Lipinski definition) is 2. The van der Waals surface area contributed by atoms with Gasteiger partial charge in [0.1, 0.15) is 0 Å². The van der Waals surface area contributed by atoms with Crippen molar-refractivity contribution in [2.45, 2.75) is 31.2 Å². The molecule has 0 saturated carbocycles. The molecular formula is C24H21F6N5O4S. The van der Waals surface area contributed by atoms with E-state index in [0.717, 1.165) is 48.7 Å². The van der Waals surface area contributed by atoms with E-state index in [9.17, 15) is 26.3 Å². The van der Waals surface area contributed by atoms with Gasteiger partial charge in [-0.05, 0) is 42.6 Å². The van der Waals surface area contributed by atoms with Gasteiger partial charge >= 0.3 is 24.3 Å². The van der Waals surface area contributed by atoms with E-state index < -0.39 is 24.3 Å². The average Bonchev–Trinajstić information content (AvgIpc) is 3.65. The lowest BCUT2D eigenvalue weighted by atomic mass is 10.1. The summed E-state index contributed by atoms with van der Waals surface area (Å²) in [5, 5.41) is 21.2. The zero-order valence-corrected chi connectivity index (χ0v) is 21.1. The predicted molar refractivity (Wildman–Crippen MR) is 131 cm³/mol. The molecule has 16 heteroatoms. The van der Waals surface area contributed by atoms with E-state index in [4.69, 9.17) is 29.9 Å². The van der Waals surface area contributed by atoms with Crippen molar-refractivity contribution in [3.05, 3.63) is 71.1 Å². The van der Waals surface area contributed by atoms with Gasteiger partial charge < -0.3 is 10.2 Å². The van der Waals surface area contributed by atoms with Gasteiger partial charge in [0.15, 0.2) is 11.5 Å². The fraction of sp³-hybridized carbons (Fsp3) is 0.292. The molecular weight excluding hydrogens is 568 g/mol. The molecule has 2 N–H and O–H groups in total. The molecule has 1 fully saturated rings. The van der Waals surface area contributed by atoms with Gasteiger partial charge in [-0.3, -0.25) is 9.88 Å². The van der Waals surface area contributed by atoms with Crippen LogP contribution in [-0.2, 0) is 16.1 Å². The number of carbonyl (C=O) groups is 2. The normalized spacial score (nSPS) is 15.6. The summed E-state index contributed by atoms with van der Waals surface area (Å²) in [6.45, 7) is 3.18. The number of hydrogen-bond acceptors (Lipinski definition) is 7. The molecule has 0 bridgehead atoms. The first-order chi connectivity index (χ1) is 18.7. The summed E-state index contributed by atoms with van der Waals surface area (Å²) in [5.41, 5.74) is 3.10. The van der Waals surface area contributed by atoms with Crippen LogP contribution in [0.4, 0.5) is 26.3 Å². The third-order valence-corrected chi connectivity index (χ3v) is 6.29. The van der Waals surface area contributed by atoms with E-state index >= 15 is 0 Å². The lowest BCUT2D eigenvalue weighted by Crippen LogP contribution is -2.21. The van der Waals surface area contributed by atoms with Crippen LogP contribution in [0.15, 0.2) is 60.4 Å². The summed E-state index contributed by atoms with van der Waals surface area (Å²) in [5.74, 6) is -4.14. The number of aromatic nitrogens is 4. The maximum Gasteiger partial charge on any atom is 0.490 e. The molecule has 40 heavy (non-hydrogen) atoms. The second-order valence-electron chi connectivity index (χ2n) is 8.34. The Morgan fingerprint density at radius 1 is 0.975 bits per heavy atom. The van der Waals surface area contributed by atoms with Crippen LogP contribution in [0, 0.1) is 0 Å². The van der Waals surface area contributed by atoms with E-state index in [-0.39, 0.29) is 0 Å². The minimum atomic E-state index is -5.08. The van der Waals surface area contributed by atoms with Crippen molar-refractivity contribution in [2.24, 2.45) is 0 Å². The number of nitrogens with zero attached hydrogens (tertiary/aromatic N) is 5. The number of halogens is 6. The summed E-state index contributed by atoms with van der Waals surface area (Å²) < 4.78 is 65.4. The SMILES string of the molecule is O=C(O)C(F)(F)F.O=C(O)C(F)(F)F.c1cncc(-c2ccc3nc(C4CCN(Cc5cccs5)C4)nn3c2)c1. The standard InChI is InChI=1S/C20H19N5S.2C2HF3O2/c1-3-15(11-21-8-1)16-5-6-19-22-20(23-25(19)13-16)17-7-9-24(12-17)14-18-4-2-10-26-18;2*3-2(4,5)1(6)7/h1-6,8,10-11,13,17H,7,9,12,14H2;2*(H,6,7). The Kier molecular flexibility index (Phi) is 9.81. The van der Waals surface area contributed by atoms with Crippen molar-refractivity contribution in [3.63, 3.8) is 0 Å². The number of carboxylic acids is 2. The van der Waals surface area contributed by atoms with Crippen molar-refractivity contribution in [1.29, 1.82) is 0 Å². The molecule has 0 radical (unpaired) electrons. The second kappa shape index (κ2) is 12.9. The molecule has 1 unspecified atom stereocenters. The lowest BCUT2D eigenvalue weighted by Gasteiger charge is -2.13. The Hall–Kier alpha value is -4.05. The minimum absolute atomic E-state index is 0.414. The fourth-order valence-electron chi connectivity index (χ4n) is 3.59. The first-order valence-corrected chi connectivity index (χ1v) is 12.2. The zero-order valence-electron chi connectivity index (χ0n) is 20.3. The average molecular weight is 590 g/mol. The summed E-state index contributed by atoms with van der Waals surface area (Å²) in [6, 6.07) is 12.5. The van der Waals surface area contributed by atoms with Crippen molar-refractivity contribution >= 4 is 28.9 Å². The van der Waals surface area contributed by atoms with Crippen LogP contribution < -0.4 is 0 Å². The molecule has 0 amide bonds. The van der Waals surface area contributed by atoms with Crippen LogP contribution in [0.1, 0.15) is 23.0 Å². The Labute approximate surface area is 226 Å². The second-order valence-corrected chi connectivity index (χ2v) is 9.37. The van der Waals surface area contributed by atoms with E-state index in [1.807, 2.05) is 40.4 Å². The number of pyridine rings is 2. The lowest BCUT2D eigenvalue weighted by molar-refractivity contribution is -0.193. The number of thiophene rings is 1. The number of fused-ring (bicyclic) bond motifs is 1. The third-order valence-electron chi connectivity index (χ3n) is 5.42. The maximum absolute atomic E-state index is 10.6. The molecule has 1 aliphatic rings. The zero-order chi connectivity index (χ0) is 29.5. The smallest absolute Gasteiger partial charge is 0.475 e. The van der Waals surface area contributed by atoms with E-state index in [2.05, 4.69) is 39.5 Å². The van der Waals surface area contributed by atoms with Gasteiger partial charge in [-0.25, -0.2) is 19.1 Å². The molecule has 0 spiro atoms. The molecule has 214 valence electrons. The number of aliphatic carboxylic acids is 2. The van der Waals surface area contributed by atoms with Crippen LogP contribution in [0.25, 0.3) is 16.8 Å². The van der Waals surface area contributed by atoms with Crippen molar-refractivity contribution in [1.82, 2.24) is 24.5 Å². The third kappa shape index (κ3) is 8.74. The van der Waals surface area contributed by atoms with Gasteiger partial charge in [-0.2, -0.15) is 31.4 Å². The van der Waals surface area contributed by atoms with Gasteiger partial charge in [-0.15, -0.1) is 11.3 Å². The van der Waals surface area contributed by atoms with Gasteiger partial charge in [0.25, 0.3) is 0 Å². The summed E-state index contributed by atoms with van der Waals surface area (Å²) in [4.78, 5) is 30.7.